The zero-order valence-electron chi connectivity index (χ0n) is 14.2. The molecule has 2 rings (SSSR count). The first-order valence-electron chi connectivity index (χ1n) is 8.37. The largest absolute Gasteiger partial charge is 0.342 e. The van der Waals surface area contributed by atoms with Gasteiger partial charge in [-0.2, -0.15) is 0 Å². The highest BCUT2D eigenvalue weighted by molar-refractivity contribution is 6.30. The first kappa shape index (κ1) is 17.3. The van der Waals surface area contributed by atoms with Crippen molar-refractivity contribution in [2.24, 2.45) is 17.3 Å². The molecule has 1 aromatic rings. The summed E-state index contributed by atoms with van der Waals surface area (Å²) in [6.07, 6.45) is 3.27. The van der Waals surface area contributed by atoms with Crippen molar-refractivity contribution in [2.75, 3.05) is 13.1 Å². The predicted molar refractivity (Wildman–Crippen MR) is 93.1 cm³/mol. The van der Waals surface area contributed by atoms with E-state index in [1.54, 1.807) is 0 Å². The van der Waals surface area contributed by atoms with Crippen LogP contribution in [0.3, 0.4) is 0 Å². The minimum atomic E-state index is 0.0779. The molecule has 0 aliphatic carbocycles. The summed E-state index contributed by atoms with van der Waals surface area (Å²) in [5, 5.41) is 0.794. The van der Waals surface area contributed by atoms with Gasteiger partial charge in [-0.15, -0.1) is 0 Å². The number of hydrogen-bond acceptors (Lipinski definition) is 1. The Morgan fingerprint density at radius 2 is 2.05 bits per heavy atom. The average Bonchev–Trinajstić information content (AvgIpc) is 2.46. The predicted octanol–water partition coefficient (Wildman–Crippen LogP) is 4.80. The highest BCUT2D eigenvalue weighted by atomic mass is 35.5. The molecule has 0 spiro atoms. The lowest BCUT2D eigenvalue weighted by Crippen LogP contribution is -2.50. The Labute approximate surface area is 139 Å². The van der Waals surface area contributed by atoms with Crippen molar-refractivity contribution in [3.05, 3.63) is 34.9 Å². The minimum absolute atomic E-state index is 0.0779. The number of benzene rings is 1. The van der Waals surface area contributed by atoms with Gasteiger partial charge in [0.05, 0.1) is 0 Å². The van der Waals surface area contributed by atoms with Crippen LogP contribution >= 0.6 is 11.6 Å². The van der Waals surface area contributed by atoms with Crippen molar-refractivity contribution >= 4 is 17.5 Å². The van der Waals surface area contributed by atoms with E-state index in [9.17, 15) is 4.79 Å². The number of hydrogen-bond donors (Lipinski definition) is 0. The summed E-state index contributed by atoms with van der Waals surface area (Å²) in [4.78, 5) is 14.5. The lowest BCUT2D eigenvalue weighted by atomic mass is 9.67. The van der Waals surface area contributed by atoms with E-state index in [-0.39, 0.29) is 17.2 Å². The summed E-state index contributed by atoms with van der Waals surface area (Å²) in [6, 6.07) is 8.16. The molecule has 0 N–H and O–H groups in total. The molecule has 1 aliphatic rings. The zero-order valence-corrected chi connectivity index (χ0v) is 15.0. The number of carbonyl (C=O) groups is 1. The quantitative estimate of drug-likeness (QED) is 0.779. The maximum absolute atomic E-state index is 12.4. The molecular weight excluding hydrogens is 294 g/mol. The summed E-state index contributed by atoms with van der Waals surface area (Å²) >= 11 is 6.14. The van der Waals surface area contributed by atoms with Crippen LogP contribution in [0.1, 0.15) is 46.1 Å². The van der Waals surface area contributed by atoms with Gasteiger partial charge in [0.2, 0.25) is 5.91 Å². The van der Waals surface area contributed by atoms with Crippen LogP contribution < -0.4 is 0 Å². The third-order valence-electron chi connectivity index (χ3n) is 5.08. The number of piperidine rings is 1. The van der Waals surface area contributed by atoms with Crippen molar-refractivity contribution in [3.8, 4) is 0 Å². The number of amides is 1. The van der Waals surface area contributed by atoms with Crippen LogP contribution in [-0.2, 0) is 11.2 Å². The SMILES string of the molecule is CC(C)C(=O)N1CCC[C@@](Cc2cccc(Cl)c2)(C(C)C)C1. The van der Waals surface area contributed by atoms with Crippen LogP contribution in [0.25, 0.3) is 0 Å². The second-order valence-corrected chi connectivity index (χ2v) is 7.78. The molecule has 0 saturated carbocycles. The fraction of sp³-hybridized carbons (Fsp3) is 0.632. The van der Waals surface area contributed by atoms with Crippen LogP contribution in [0.4, 0.5) is 0 Å². The van der Waals surface area contributed by atoms with Crippen molar-refractivity contribution in [2.45, 2.75) is 47.0 Å². The van der Waals surface area contributed by atoms with Crippen molar-refractivity contribution in [3.63, 3.8) is 0 Å². The Kier molecular flexibility index (Phi) is 5.55. The van der Waals surface area contributed by atoms with Crippen LogP contribution in [0.5, 0.6) is 0 Å². The number of nitrogens with zero attached hydrogens (tertiary/aromatic N) is 1. The Morgan fingerprint density at radius 1 is 1.32 bits per heavy atom. The number of rotatable bonds is 4. The smallest absolute Gasteiger partial charge is 0.225 e. The molecule has 1 amide bonds. The summed E-state index contributed by atoms with van der Waals surface area (Å²) in [7, 11) is 0. The van der Waals surface area contributed by atoms with E-state index >= 15 is 0 Å². The molecule has 1 saturated heterocycles. The van der Waals surface area contributed by atoms with Crippen LogP contribution in [0, 0.1) is 17.3 Å². The molecule has 3 heteroatoms. The number of carbonyl (C=O) groups excluding carboxylic acids is 1. The fourth-order valence-corrected chi connectivity index (χ4v) is 3.80. The lowest BCUT2D eigenvalue weighted by Gasteiger charge is -2.46. The first-order chi connectivity index (χ1) is 10.3. The monoisotopic (exact) mass is 321 g/mol. The molecule has 1 aromatic carbocycles. The molecule has 1 aliphatic heterocycles. The van der Waals surface area contributed by atoms with Crippen LogP contribution in [0.15, 0.2) is 24.3 Å². The van der Waals surface area contributed by atoms with Gasteiger partial charge in [0, 0.05) is 24.0 Å². The molecule has 22 heavy (non-hydrogen) atoms. The summed E-state index contributed by atoms with van der Waals surface area (Å²) in [5.41, 5.74) is 1.44. The van der Waals surface area contributed by atoms with Gasteiger partial charge in [-0.1, -0.05) is 51.4 Å². The Bertz CT molecular complexity index is 526. The van der Waals surface area contributed by atoms with Crippen molar-refractivity contribution in [1.82, 2.24) is 4.90 Å². The molecule has 1 fully saturated rings. The molecule has 0 bridgehead atoms. The third-order valence-corrected chi connectivity index (χ3v) is 5.32. The minimum Gasteiger partial charge on any atom is -0.342 e. The van der Waals surface area contributed by atoms with E-state index in [0.29, 0.717) is 5.92 Å². The molecule has 0 unspecified atom stereocenters. The Hall–Kier alpha value is -1.02. The second kappa shape index (κ2) is 7.04. The van der Waals surface area contributed by atoms with Crippen molar-refractivity contribution in [1.29, 1.82) is 0 Å². The van der Waals surface area contributed by atoms with Gasteiger partial charge in [-0.3, -0.25) is 4.79 Å². The summed E-state index contributed by atoms with van der Waals surface area (Å²) < 4.78 is 0. The van der Waals surface area contributed by atoms with Gasteiger partial charge in [0.1, 0.15) is 0 Å². The van der Waals surface area contributed by atoms with Gasteiger partial charge in [0.25, 0.3) is 0 Å². The summed E-state index contributed by atoms with van der Waals surface area (Å²) in [6.45, 7) is 10.3. The second-order valence-electron chi connectivity index (χ2n) is 7.34. The van der Waals surface area contributed by atoms with E-state index in [0.717, 1.165) is 31.0 Å². The standard InChI is InChI=1S/C19H28ClNO/c1-14(2)18(22)21-10-6-9-19(13-21,15(3)4)12-16-7-5-8-17(20)11-16/h5,7-8,11,14-15H,6,9-10,12-13H2,1-4H3/t19-/m0/s1. The fourth-order valence-electron chi connectivity index (χ4n) is 3.59. The highest BCUT2D eigenvalue weighted by Crippen LogP contribution is 2.41. The van der Waals surface area contributed by atoms with Gasteiger partial charge >= 0.3 is 0 Å². The normalized spacial score (nSPS) is 22.4. The highest BCUT2D eigenvalue weighted by Gasteiger charge is 2.40. The van der Waals surface area contributed by atoms with Gasteiger partial charge in [-0.25, -0.2) is 0 Å². The van der Waals surface area contributed by atoms with Crippen LogP contribution in [0.2, 0.25) is 5.02 Å². The number of likely N-dealkylation sites (tertiary alicyclic amines) is 1. The average molecular weight is 322 g/mol. The third kappa shape index (κ3) is 3.84. The molecule has 0 radical (unpaired) electrons. The topological polar surface area (TPSA) is 20.3 Å². The molecule has 0 aromatic heterocycles. The maximum Gasteiger partial charge on any atom is 0.225 e. The zero-order chi connectivity index (χ0) is 16.3. The molecule has 1 heterocycles. The van der Waals surface area contributed by atoms with E-state index in [4.69, 9.17) is 11.6 Å². The molecule has 122 valence electrons. The van der Waals surface area contributed by atoms with E-state index in [2.05, 4.69) is 30.9 Å². The molecular formula is C19H28ClNO. The van der Waals surface area contributed by atoms with Gasteiger partial charge < -0.3 is 4.90 Å². The van der Waals surface area contributed by atoms with E-state index in [1.807, 2.05) is 26.0 Å². The van der Waals surface area contributed by atoms with E-state index < -0.39 is 0 Å². The Balaban J connectivity index is 2.22. The van der Waals surface area contributed by atoms with E-state index in [1.165, 1.54) is 12.0 Å². The Morgan fingerprint density at radius 3 is 2.64 bits per heavy atom. The van der Waals surface area contributed by atoms with Gasteiger partial charge in [-0.05, 0) is 48.3 Å². The number of halogens is 1. The lowest BCUT2D eigenvalue weighted by molar-refractivity contribution is -0.139. The van der Waals surface area contributed by atoms with Gasteiger partial charge in [0.15, 0.2) is 0 Å². The molecule has 1 atom stereocenters. The first-order valence-corrected chi connectivity index (χ1v) is 8.75. The summed E-state index contributed by atoms with van der Waals surface area (Å²) in [5.74, 6) is 0.902. The van der Waals surface area contributed by atoms with Crippen LogP contribution in [-0.4, -0.2) is 23.9 Å². The van der Waals surface area contributed by atoms with Crippen molar-refractivity contribution < 1.29 is 4.79 Å². The maximum atomic E-state index is 12.4. The molecule has 2 nitrogen and oxygen atoms in total.